The first-order valence-corrected chi connectivity index (χ1v) is 3.66. The first-order chi connectivity index (χ1) is 4.79. The third-order valence-corrected chi connectivity index (χ3v) is 0.771. The first kappa shape index (κ1) is 17.8. The number of hydrogen-bond donors (Lipinski definition) is 3. The van der Waals surface area contributed by atoms with Gasteiger partial charge in [-0.15, -0.1) is 0 Å². The summed E-state index contributed by atoms with van der Waals surface area (Å²) in [5.74, 6) is 0. The fourth-order valence-electron chi connectivity index (χ4n) is 0.300. The Kier molecular flexibility index (Phi) is 13.4. The smallest absolute Gasteiger partial charge is 0.160 e. The maximum Gasteiger partial charge on any atom is 0.160 e. The van der Waals surface area contributed by atoms with Crippen LogP contribution in [0.3, 0.4) is 0 Å². The molecule has 0 aromatic heterocycles. The Morgan fingerprint density at radius 3 is 1.58 bits per heavy atom. The highest BCUT2D eigenvalue weighted by Gasteiger charge is 2.02. The molecule has 0 unspecified atom stereocenters. The van der Waals surface area contributed by atoms with E-state index in [1.165, 1.54) is 0 Å². The second-order valence-electron chi connectivity index (χ2n) is 3.14. The molecule has 4 nitrogen and oxygen atoms in total. The number of nitrogens with two attached hydrogens (primary N) is 2. The van der Waals surface area contributed by atoms with Crippen LogP contribution in [0.4, 0.5) is 0 Å². The number of nitrogens with zero attached hydrogens (tertiary/aromatic N) is 1. The van der Waals surface area contributed by atoms with Crippen LogP contribution in [0.5, 0.6) is 0 Å². The van der Waals surface area contributed by atoms with Gasteiger partial charge in [-0.1, -0.05) is 0 Å². The topological polar surface area (TPSA) is 72.3 Å². The van der Waals surface area contributed by atoms with Crippen LogP contribution < -0.4 is 23.9 Å². The van der Waals surface area contributed by atoms with Gasteiger partial charge in [0, 0.05) is 0 Å². The Bertz CT molecular complexity index is 112. The highest BCUT2D eigenvalue weighted by molar-refractivity contribution is 7.80. The molecule has 0 aliphatic carbocycles. The third-order valence-electron chi connectivity index (χ3n) is 0.771. The van der Waals surface area contributed by atoms with Crippen molar-refractivity contribution >= 4 is 17.3 Å². The number of thiocarbonyl (C=S) groups is 1. The van der Waals surface area contributed by atoms with Crippen LogP contribution in [0.1, 0.15) is 0 Å². The quantitative estimate of drug-likeness (QED) is 0.323. The summed E-state index contributed by atoms with van der Waals surface area (Å²) >= 11 is 4.09. The molecule has 6 heteroatoms. The zero-order chi connectivity index (χ0) is 9.49. The van der Waals surface area contributed by atoms with Crippen molar-refractivity contribution in [3.05, 3.63) is 0 Å². The fraction of sp³-hybridized carbons (Fsp3) is 0.833. The van der Waals surface area contributed by atoms with Gasteiger partial charge < -0.3 is 33.5 Å². The molecule has 0 bridgehead atoms. The monoisotopic (exact) mass is 215 g/mol. The van der Waals surface area contributed by atoms with Crippen molar-refractivity contribution in [2.45, 2.75) is 0 Å². The van der Waals surface area contributed by atoms with Crippen LogP contribution in [0.2, 0.25) is 0 Å². The van der Waals surface area contributed by atoms with Gasteiger partial charge in [-0.3, -0.25) is 0 Å². The van der Waals surface area contributed by atoms with Gasteiger partial charge in [0.2, 0.25) is 0 Å². The fourth-order valence-corrected chi connectivity index (χ4v) is 0.300. The molecule has 0 rings (SSSR count). The van der Waals surface area contributed by atoms with E-state index in [0.717, 1.165) is 11.0 Å². The van der Waals surface area contributed by atoms with Crippen LogP contribution in [-0.4, -0.2) is 49.0 Å². The second-order valence-corrected chi connectivity index (χ2v) is 3.61. The van der Waals surface area contributed by atoms with Crippen molar-refractivity contribution in [2.75, 3.05) is 34.3 Å². The molecule has 0 heterocycles. The summed E-state index contributed by atoms with van der Waals surface area (Å²) in [6.45, 7) is 1.11. The molecule has 0 spiro atoms. The van der Waals surface area contributed by atoms with Crippen molar-refractivity contribution in [3.63, 3.8) is 0 Å². The molecule has 0 amide bonds. The molecule has 0 aliphatic heterocycles. The molecular weight excluding hydrogens is 198 g/mol. The Morgan fingerprint density at radius 2 is 1.58 bits per heavy atom. The Hall–Kier alpha value is -0.100. The minimum absolute atomic E-state index is 0. The molecule has 0 saturated heterocycles. The number of aliphatic hydroxyl groups excluding tert-OH is 1. The zero-order valence-electron chi connectivity index (χ0n) is 7.75. The van der Waals surface area contributed by atoms with Crippen molar-refractivity contribution in [3.8, 4) is 0 Å². The highest BCUT2D eigenvalue weighted by atomic mass is 35.5. The molecule has 5 N–H and O–H groups in total. The van der Waals surface area contributed by atoms with E-state index in [0.29, 0.717) is 0 Å². The lowest BCUT2D eigenvalue weighted by Gasteiger charge is -2.21. The van der Waals surface area contributed by atoms with E-state index in [4.69, 9.17) is 5.11 Å². The van der Waals surface area contributed by atoms with Crippen molar-refractivity contribution < 1.29 is 22.0 Å². The van der Waals surface area contributed by atoms with E-state index in [2.05, 4.69) is 44.8 Å². The molecule has 0 aliphatic rings. The lowest BCUT2D eigenvalue weighted by atomic mass is 10.5. The van der Waals surface area contributed by atoms with Gasteiger partial charge in [0.1, 0.15) is 6.54 Å². The van der Waals surface area contributed by atoms with Gasteiger partial charge in [-0.2, -0.15) is 0 Å². The van der Waals surface area contributed by atoms with Gasteiger partial charge >= 0.3 is 0 Å². The lowest BCUT2D eigenvalue weighted by Crippen LogP contribution is -3.00. The average molecular weight is 216 g/mol. The van der Waals surface area contributed by atoms with Gasteiger partial charge in [-0.05, 0) is 12.2 Å². The first-order valence-electron chi connectivity index (χ1n) is 3.26. The summed E-state index contributed by atoms with van der Waals surface area (Å²) in [5, 5.41) is 8.39. The van der Waals surface area contributed by atoms with Crippen molar-refractivity contribution in [1.29, 1.82) is 0 Å². The van der Waals surface area contributed by atoms with E-state index >= 15 is 0 Å². The molecule has 0 fully saturated rings. The van der Waals surface area contributed by atoms with Crippen molar-refractivity contribution in [1.82, 2.24) is 0 Å². The molecule has 0 atom stereocenters. The Labute approximate surface area is 85.5 Å². The van der Waals surface area contributed by atoms with E-state index in [1.54, 1.807) is 0 Å². The molecule has 76 valence electrons. The minimum Gasteiger partial charge on any atom is -1.00 e. The molecule has 0 aromatic rings. The number of rotatable bonds is 2. The summed E-state index contributed by atoms with van der Waals surface area (Å²) < 4.78 is 0.844. The number of aliphatic hydroxyl groups is 1. The van der Waals surface area contributed by atoms with Crippen LogP contribution >= 0.6 is 12.2 Å². The molecule has 0 saturated carbocycles. The van der Waals surface area contributed by atoms with E-state index in [9.17, 15) is 0 Å². The lowest BCUT2D eigenvalue weighted by molar-refractivity contribution is -0.870. The summed E-state index contributed by atoms with van der Waals surface area (Å²) in [6.07, 6.45) is 0. The average Bonchev–Trinajstić information content (AvgIpc) is 1.58. The predicted molar refractivity (Wildman–Crippen MR) is 51.0 cm³/mol. The van der Waals surface area contributed by atoms with E-state index in [-0.39, 0.29) is 24.1 Å². The summed E-state index contributed by atoms with van der Waals surface area (Å²) in [7, 11) is 6.16. The number of likely N-dealkylation sites (N-methyl/N-ethyl adjacent to an activating group) is 1. The van der Waals surface area contributed by atoms with E-state index in [1.807, 2.05) is 0 Å². The van der Waals surface area contributed by atoms with Gasteiger partial charge in [0.05, 0.1) is 27.7 Å². The molecule has 12 heavy (non-hydrogen) atoms. The minimum atomic E-state index is 0. The standard InChI is InChI=1S/C5H14NO.CH4N2S.ClH/c1-6(2,3)4-5-7;2-1(3)4;/h7H,4-5H2,1-3H3;(H4,2,3,4);1H/q+1;;/p-1. The third kappa shape index (κ3) is 51.6. The summed E-state index contributed by atoms with van der Waals surface area (Å²) in [6, 6.07) is 0. The van der Waals surface area contributed by atoms with Crippen molar-refractivity contribution in [2.24, 2.45) is 11.5 Å². The van der Waals surface area contributed by atoms with E-state index < -0.39 is 0 Å². The Balaban J connectivity index is -0.000000142. The second kappa shape index (κ2) is 8.99. The van der Waals surface area contributed by atoms with Gasteiger partial charge in [0.25, 0.3) is 0 Å². The SMILES string of the molecule is C[N+](C)(C)CCO.NC(N)=S.[Cl-]. The zero-order valence-corrected chi connectivity index (χ0v) is 9.32. The van der Waals surface area contributed by atoms with Crippen LogP contribution in [-0.2, 0) is 0 Å². The predicted octanol–water partition coefficient (Wildman–Crippen LogP) is -4.12. The van der Waals surface area contributed by atoms with Crippen LogP contribution in [0, 0.1) is 0 Å². The maximum atomic E-state index is 8.39. The summed E-state index contributed by atoms with van der Waals surface area (Å²) in [5.41, 5.74) is 9.24. The maximum absolute atomic E-state index is 8.39. The number of quaternary nitrogens is 1. The van der Waals surface area contributed by atoms with Crippen LogP contribution in [0.15, 0.2) is 0 Å². The number of halogens is 1. The normalized spacial score (nSPS) is 9.00. The summed E-state index contributed by atoms with van der Waals surface area (Å²) in [4.78, 5) is 0. The molecule has 0 aromatic carbocycles. The van der Waals surface area contributed by atoms with Crippen LogP contribution in [0.25, 0.3) is 0 Å². The molecule has 0 radical (unpaired) electrons. The number of hydrogen-bond acceptors (Lipinski definition) is 2. The van der Waals surface area contributed by atoms with Gasteiger partial charge in [-0.25, -0.2) is 0 Å². The highest BCUT2D eigenvalue weighted by Crippen LogP contribution is 1.84. The largest absolute Gasteiger partial charge is 1.00 e. The Morgan fingerprint density at radius 1 is 1.33 bits per heavy atom. The van der Waals surface area contributed by atoms with Gasteiger partial charge in [0.15, 0.2) is 5.11 Å². The molecular formula is C6H18ClN3OS.